The van der Waals surface area contributed by atoms with Crippen LogP contribution in [0, 0.1) is 0 Å². The average Bonchev–Trinajstić information content (AvgIpc) is 3.71. The number of benzene rings is 1. The molecule has 1 aliphatic heterocycles. The Balaban J connectivity index is 1.47. The molecule has 0 radical (unpaired) electrons. The molecule has 2 fully saturated rings. The van der Waals surface area contributed by atoms with Gasteiger partial charge in [-0.3, -0.25) is 10.3 Å². The Morgan fingerprint density at radius 3 is 2.76 bits per heavy atom. The van der Waals surface area contributed by atoms with Gasteiger partial charge >= 0.3 is 0 Å². The fourth-order valence-electron chi connectivity index (χ4n) is 4.59. The van der Waals surface area contributed by atoms with Crippen molar-refractivity contribution in [3.63, 3.8) is 0 Å². The molecule has 4 aromatic rings. The van der Waals surface area contributed by atoms with Crippen LogP contribution >= 0.6 is 0 Å². The third-order valence-corrected chi connectivity index (χ3v) is 6.58. The van der Waals surface area contributed by atoms with Crippen molar-refractivity contribution in [2.45, 2.75) is 38.0 Å². The Hall–Kier alpha value is -3.65. The second kappa shape index (κ2) is 8.61. The molecule has 2 unspecified atom stereocenters. The molecule has 34 heavy (non-hydrogen) atoms. The van der Waals surface area contributed by atoms with Crippen molar-refractivity contribution in [3.8, 4) is 11.4 Å². The summed E-state index contributed by atoms with van der Waals surface area (Å²) in [4.78, 5) is 20.9. The largest absolute Gasteiger partial charge is 0.348 e. The summed E-state index contributed by atoms with van der Waals surface area (Å²) in [6.07, 6.45) is 6.64. The van der Waals surface area contributed by atoms with E-state index < -0.39 is 6.30 Å². The SMILES string of the molecule is CC1C(F)NCCN1c1nc(-c2ccnc(Nc3ccccc3)c2)nc2cncc(C3CC3)c12. The van der Waals surface area contributed by atoms with Gasteiger partial charge in [-0.1, -0.05) is 18.2 Å². The average molecular weight is 456 g/mol. The highest BCUT2D eigenvalue weighted by Gasteiger charge is 2.33. The van der Waals surface area contributed by atoms with Crippen molar-refractivity contribution in [2.75, 3.05) is 23.3 Å². The lowest BCUT2D eigenvalue weighted by Gasteiger charge is -2.38. The van der Waals surface area contributed by atoms with Gasteiger partial charge in [0.1, 0.15) is 11.6 Å². The lowest BCUT2D eigenvalue weighted by Crippen LogP contribution is -2.55. The quantitative estimate of drug-likeness (QED) is 0.419. The van der Waals surface area contributed by atoms with Crippen LogP contribution in [0.15, 0.2) is 61.1 Å². The van der Waals surface area contributed by atoms with Crippen molar-refractivity contribution >= 4 is 28.2 Å². The predicted octanol–water partition coefficient (Wildman–Crippen LogP) is 4.80. The van der Waals surface area contributed by atoms with Crippen molar-refractivity contribution in [1.82, 2.24) is 25.3 Å². The molecule has 8 heteroatoms. The lowest BCUT2D eigenvalue weighted by molar-refractivity contribution is 0.208. The van der Waals surface area contributed by atoms with Gasteiger partial charge in [0.2, 0.25) is 0 Å². The number of hydrogen-bond acceptors (Lipinski definition) is 7. The highest BCUT2D eigenvalue weighted by atomic mass is 19.1. The highest BCUT2D eigenvalue weighted by molar-refractivity contribution is 5.94. The van der Waals surface area contributed by atoms with E-state index in [1.54, 1.807) is 12.4 Å². The van der Waals surface area contributed by atoms with E-state index in [-0.39, 0.29) is 6.04 Å². The first kappa shape index (κ1) is 20.9. The third-order valence-electron chi connectivity index (χ3n) is 6.58. The molecule has 2 N–H and O–H groups in total. The van der Waals surface area contributed by atoms with Crippen LogP contribution in [0.2, 0.25) is 0 Å². The molecule has 2 atom stereocenters. The molecule has 0 amide bonds. The van der Waals surface area contributed by atoms with E-state index >= 15 is 0 Å². The zero-order chi connectivity index (χ0) is 23.1. The normalized spacial score (nSPS) is 20.5. The number of nitrogens with one attached hydrogen (secondary N) is 2. The van der Waals surface area contributed by atoms with Gasteiger partial charge in [-0.2, -0.15) is 0 Å². The van der Waals surface area contributed by atoms with E-state index in [0.717, 1.165) is 40.8 Å². The number of hydrogen-bond donors (Lipinski definition) is 2. The summed E-state index contributed by atoms with van der Waals surface area (Å²) in [5, 5.41) is 7.25. The van der Waals surface area contributed by atoms with Gasteiger partial charge in [-0.05, 0) is 55.5 Å². The molecule has 172 valence electrons. The number of halogens is 1. The monoisotopic (exact) mass is 455 g/mol. The minimum Gasteiger partial charge on any atom is -0.348 e. The minimum atomic E-state index is -1.11. The second-order valence-corrected chi connectivity index (χ2v) is 8.98. The Morgan fingerprint density at radius 2 is 1.94 bits per heavy atom. The molecule has 1 aliphatic carbocycles. The van der Waals surface area contributed by atoms with Crippen LogP contribution < -0.4 is 15.5 Å². The minimum absolute atomic E-state index is 0.340. The molecule has 1 aromatic carbocycles. The molecule has 3 aromatic heterocycles. The van der Waals surface area contributed by atoms with E-state index in [4.69, 9.17) is 9.97 Å². The number of para-hydroxylation sites is 1. The van der Waals surface area contributed by atoms with Gasteiger partial charge < -0.3 is 10.2 Å². The Morgan fingerprint density at radius 1 is 1.09 bits per heavy atom. The second-order valence-electron chi connectivity index (χ2n) is 8.98. The van der Waals surface area contributed by atoms with Gasteiger partial charge in [0.15, 0.2) is 12.1 Å². The summed E-state index contributed by atoms with van der Waals surface area (Å²) < 4.78 is 14.6. The molecular formula is C26H26FN7. The molecule has 0 spiro atoms. The third kappa shape index (κ3) is 3.94. The summed E-state index contributed by atoms with van der Waals surface area (Å²) in [5.74, 6) is 2.55. The summed E-state index contributed by atoms with van der Waals surface area (Å²) in [6, 6.07) is 13.4. The molecule has 1 saturated heterocycles. The highest BCUT2D eigenvalue weighted by Crippen LogP contribution is 2.45. The number of piperazine rings is 1. The van der Waals surface area contributed by atoms with Crippen molar-refractivity contribution in [2.24, 2.45) is 0 Å². The van der Waals surface area contributed by atoms with Crippen LogP contribution in [0.4, 0.5) is 21.7 Å². The van der Waals surface area contributed by atoms with Gasteiger partial charge in [0.25, 0.3) is 0 Å². The van der Waals surface area contributed by atoms with Gasteiger partial charge in [-0.15, -0.1) is 0 Å². The molecule has 1 saturated carbocycles. The van der Waals surface area contributed by atoms with Crippen molar-refractivity contribution in [3.05, 3.63) is 66.6 Å². The zero-order valence-corrected chi connectivity index (χ0v) is 18.9. The van der Waals surface area contributed by atoms with E-state index in [1.165, 1.54) is 5.56 Å². The topological polar surface area (TPSA) is 78.9 Å². The summed E-state index contributed by atoms with van der Waals surface area (Å²) in [5.41, 5.74) is 3.75. The van der Waals surface area contributed by atoms with E-state index in [1.807, 2.05) is 55.6 Å². The Kier molecular flexibility index (Phi) is 5.30. The van der Waals surface area contributed by atoms with Gasteiger partial charge in [0.05, 0.1) is 17.8 Å². The first-order valence-electron chi connectivity index (χ1n) is 11.8. The standard InChI is InChI=1S/C26H26FN7/c1-16-24(27)30-11-12-34(16)26-23-20(17-7-8-17)14-28-15-21(23)32-25(33-26)18-9-10-29-22(13-18)31-19-5-3-2-4-6-19/h2-6,9-10,13-17,24,30H,7-8,11-12H2,1H3,(H,29,31). The Bertz CT molecular complexity index is 1330. The zero-order valence-electron chi connectivity index (χ0n) is 18.9. The number of fused-ring (bicyclic) bond motifs is 1. The van der Waals surface area contributed by atoms with Gasteiger partial charge in [0, 0.05) is 42.1 Å². The van der Waals surface area contributed by atoms with E-state index in [2.05, 4.69) is 25.5 Å². The maximum Gasteiger partial charge on any atom is 0.171 e. The number of alkyl halides is 1. The number of rotatable bonds is 5. The fraction of sp³-hybridized carbons (Fsp3) is 0.308. The number of pyridine rings is 2. The van der Waals surface area contributed by atoms with Crippen molar-refractivity contribution in [1.29, 1.82) is 0 Å². The number of aromatic nitrogens is 4. The number of nitrogens with zero attached hydrogens (tertiary/aromatic N) is 5. The molecule has 6 rings (SSSR count). The smallest absolute Gasteiger partial charge is 0.171 e. The first-order chi connectivity index (χ1) is 16.7. The molecule has 7 nitrogen and oxygen atoms in total. The van der Waals surface area contributed by atoms with E-state index in [9.17, 15) is 4.39 Å². The first-order valence-corrected chi connectivity index (χ1v) is 11.8. The molecule has 0 bridgehead atoms. The molecular weight excluding hydrogens is 429 g/mol. The van der Waals surface area contributed by atoms with Crippen LogP contribution in [0.1, 0.15) is 31.2 Å². The Labute approximate surface area is 197 Å². The number of anilines is 3. The molecule has 4 heterocycles. The predicted molar refractivity (Wildman–Crippen MR) is 132 cm³/mol. The van der Waals surface area contributed by atoms with Crippen LogP contribution in [0.5, 0.6) is 0 Å². The van der Waals surface area contributed by atoms with E-state index in [0.29, 0.717) is 30.6 Å². The summed E-state index contributed by atoms with van der Waals surface area (Å²) >= 11 is 0. The maximum atomic E-state index is 14.6. The fourth-order valence-corrected chi connectivity index (χ4v) is 4.59. The summed E-state index contributed by atoms with van der Waals surface area (Å²) in [7, 11) is 0. The molecule has 2 aliphatic rings. The van der Waals surface area contributed by atoms with Crippen LogP contribution in [0.3, 0.4) is 0 Å². The van der Waals surface area contributed by atoms with Crippen LogP contribution in [-0.4, -0.2) is 45.4 Å². The lowest BCUT2D eigenvalue weighted by atomic mass is 10.1. The van der Waals surface area contributed by atoms with Gasteiger partial charge in [-0.25, -0.2) is 19.3 Å². The van der Waals surface area contributed by atoms with Crippen LogP contribution in [0.25, 0.3) is 22.3 Å². The van der Waals surface area contributed by atoms with Crippen LogP contribution in [-0.2, 0) is 0 Å². The summed E-state index contributed by atoms with van der Waals surface area (Å²) in [6.45, 7) is 3.14. The van der Waals surface area contributed by atoms with Crippen molar-refractivity contribution < 1.29 is 4.39 Å². The maximum absolute atomic E-state index is 14.6.